The van der Waals surface area contributed by atoms with Gasteiger partial charge in [0.05, 0.1) is 11.3 Å². The lowest BCUT2D eigenvalue weighted by Gasteiger charge is -2.15. The molecule has 9 heteroatoms. The first kappa shape index (κ1) is 14.4. The highest BCUT2D eigenvalue weighted by atomic mass is 19.1. The molecule has 1 aromatic rings. The summed E-state index contributed by atoms with van der Waals surface area (Å²) in [5.41, 5.74) is 8.95. The number of hydrogen-bond acceptors (Lipinski definition) is 5. The van der Waals surface area contributed by atoms with Crippen molar-refractivity contribution in [2.75, 3.05) is 0 Å². The molecule has 1 rings (SSSR count). The highest BCUT2D eigenvalue weighted by Crippen LogP contribution is 2.27. The van der Waals surface area contributed by atoms with Crippen LogP contribution in [0.5, 0.6) is 0 Å². The molecule has 8 nitrogen and oxygen atoms in total. The third-order valence-electron chi connectivity index (χ3n) is 2.18. The highest BCUT2D eigenvalue weighted by Gasteiger charge is 2.24. The van der Waals surface area contributed by atoms with Gasteiger partial charge in [-0.1, -0.05) is 0 Å². The van der Waals surface area contributed by atoms with E-state index in [-0.39, 0.29) is 5.56 Å². The van der Waals surface area contributed by atoms with E-state index in [1.165, 1.54) is 0 Å². The predicted molar refractivity (Wildman–Crippen MR) is 60.3 cm³/mol. The molecule has 0 radical (unpaired) electrons. The summed E-state index contributed by atoms with van der Waals surface area (Å²) in [4.78, 5) is 31.3. The summed E-state index contributed by atoms with van der Waals surface area (Å²) in [6.07, 6.45) is -3.20. The topological polar surface area (TPSA) is 139 Å². The molecule has 0 spiro atoms. The van der Waals surface area contributed by atoms with Gasteiger partial charge >= 0.3 is 6.09 Å². The van der Waals surface area contributed by atoms with Crippen LogP contribution in [0.2, 0.25) is 0 Å². The van der Waals surface area contributed by atoms with Crippen LogP contribution in [0.1, 0.15) is 18.1 Å². The number of hydrogen-bond donors (Lipinski definition) is 2. The fourth-order valence-corrected chi connectivity index (χ4v) is 1.43. The van der Waals surface area contributed by atoms with Crippen LogP contribution in [0.15, 0.2) is 18.2 Å². The lowest BCUT2D eigenvalue weighted by molar-refractivity contribution is -0.385. The summed E-state index contributed by atoms with van der Waals surface area (Å²) < 4.78 is 18.1. The molecule has 4 N–H and O–H groups in total. The number of primary amides is 2. The van der Waals surface area contributed by atoms with Crippen LogP contribution in [0.3, 0.4) is 0 Å². The monoisotopic (exact) mass is 271 g/mol. The van der Waals surface area contributed by atoms with E-state index in [9.17, 15) is 24.1 Å². The number of nitro benzene ring substituents is 1. The number of nitrogens with zero attached hydrogens (tertiary/aromatic N) is 1. The number of benzene rings is 1. The van der Waals surface area contributed by atoms with Gasteiger partial charge in [-0.15, -0.1) is 0 Å². The third kappa shape index (κ3) is 3.91. The largest absolute Gasteiger partial charge is 0.441 e. The maximum atomic E-state index is 13.6. The van der Waals surface area contributed by atoms with Crippen molar-refractivity contribution in [1.82, 2.24) is 0 Å². The number of non-ortho nitro benzene ring substituents is 1. The number of nitro groups is 1. The van der Waals surface area contributed by atoms with Crippen LogP contribution in [-0.2, 0) is 9.53 Å². The summed E-state index contributed by atoms with van der Waals surface area (Å²) in [5, 5.41) is 10.6. The second-order valence-corrected chi connectivity index (χ2v) is 3.56. The molecule has 0 aliphatic rings. The lowest BCUT2D eigenvalue weighted by Crippen LogP contribution is -2.23. The van der Waals surface area contributed by atoms with Crippen molar-refractivity contribution in [3.63, 3.8) is 0 Å². The zero-order valence-corrected chi connectivity index (χ0v) is 9.54. The molecule has 0 aliphatic carbocycles. The molecular weight excluding hydrogens is 261 g/mol. The molecule has 102 valence electrons. The minimum atomic E-state index is -1.41. The highest BCUT2D eigenvalue weighted by molar-refractivity contribution is 5.75. The van der Waals surface area contributed by atoms with Gasteiger partial charge in [0, 0.05) is 17.7 Å². The van der Waals surface area contributed by atoms with Crippen LogP contribution in [0.4, 0.5) is 14.9 Å². The van der Waals surface area contributed by atoms with E-state index in [1.807, 2.05) is 0 Å². The van der Waals surface area contributed by atoms with E-state index >= 15 is 0 Å². The predicted octanol–water partition coefficient (Wildman–Crippen LogP) is 0.746. The standard InChI is InChI=1S/C10H10FN3O5/c11-7-2-1-5(14(17)18)3-6(7)8(4-9(12)15)19-10(13)16/h1-3,8H,4H2,(H2,12,15)(H2,13,16). The Kier molecular flexibility index (Phi) is 4.35. The Balaban J connectivity index is 3.19. The smallest absolute Gasteiger partial charge is 0.405 e. The number of amides is 2. The van der Waals surface area contributed by atoms with Crippen LogP contribution < -0.4 is 11.5 Å². The van der Waals surface area contributed by atoms with Crippen LogP contribution in [0.25, 0.3) is 0 Å². The van der Waals surface area contributed by atoms with Gasteiger partial charge in [0.2, 0.25) is 5.91 Å². The van der Waals surface area contributed by atoms with Crippen molar-refractivity contribution in [2.45, 2.75) is 12.5 Å². The Hall–Kier alpha value is -2.71. The van der Waals surface area contributed by atoms with Crippen molar-refractivity contribution in [3.05, 3.63) is 39.7 Å². The molecule has 0 aliphatic heterocycles. The molecule has 0 bridgehead atoms. The van der Waals surface area contributed by atoms with E-state index < -0.39 is 41.0 Å². The van der Waals surface area contributed by atoms with Crippen LogP contribution >= 0.6 is 0 Å². The normalized spacial score (nSPS) is 11.6. The van der Waals surface area contributed by atoms with Crippen LogP contribution in [0, 0.1) is 15.9 Å². The SMILES string of the molecule is NC(=O)CC(OC(N)=O)c1cc([N+](=O)[O-])ccc1F. The number of nitrogens with two attached hydrogens (primary N) is 2. The van der Waals surface area contributed by atoms with Gasteiger partial charge in [0.1, 0.15) is 11.9 Å². The van der Waals surface area contributed by atoms with E-state index in [2.05, 4.69) is 4.74 Å². The Bertz CT molecular complexity index is 518. The average molecular weight is 271 g/mol. The lowest BCUT2D eigenvalue weighted by atomic mass is 10.0. The summed E-state index contributed by atoms with van der Waals surface area (Å²) >= 11 is 0. The zero-order chi connectivity index (χ0) is 14.6. The van der Waals surface area contributed by atoms with E-state index in [0.717, 1.165) is 18.2 Å². The molecule has 1 atom stereocenters. The summed E-state index contributed by atoms with van der Waals surface area (Å²) in [7, 11) is 0. The summed E-state index contributed by atoms with van der Waals surface area (Å²) in [6, 6.07) is 2.61. The van der Waals surface area contributed by atoms with Crippen molar-refractivity contribution in [2.24, 2.45) is 11.5 Å². The fraction of sp³-hybridized carbons (Fsp3) is 0.200. The Labute approximate surface area is 106 Å². The maximum Gasteiger partial charge on any atom is 0.405 e. The quantitative estimate of drug-likeness (QED) is 0.600. The number of carbonyl (C=O) groups is 2. The number of halogens is 1. The summed E-state index contributed by atoms with van der Waals surface area (Å²) in [5.74, 6) is -1.75. The van der Waals surface area contributed by atoms with E-state index in [1.54, 1.807) is 0 Å². The minimum Gasteiger partial charge on any atom is -0.441 e. The molecule has 0 aromatic heterocycles. The molecule has 19 heavy (non-hydrogen) atoms. The first-order valence-corrected chi connectivity index (χ1v) is 4.99. The third-order valence-corrected chi connectivity index (χ3v) is 2.18. The Morgan fingerprint density at radius 2 is 2.05 bits per heavy atom. The fourth-order valence-electron chi connectivity index (χ4n) is 1.43. The van der Waals surface area contributed by atoms with Gasteiger partial charge in [-0.3, -0.25) is 14.9 Å². The Morgan fingerprint density at radius 3 is 2.53 bits per heavy atom. The first-order valence-electron chi connectivity index (χ1n) is 4.99. The molecule has 0 saturated heterocycles. The average Bonchev–Trinajstić information content (AvgIpc) is 2.27. The molecule has 0 heterocycles. The van der Waals surface area contributed by atoms with Gasteiger partial charge in [-0.05, 0) is 6.07 Å². The Morgan fingerprint density at radius 1 is 1.42 bits per heavy atom. The first-order chi connectivity index (χ1) is 8.81. The van der Waals surface area contributed by atoms with Gasteiger partial charge in [-0.25, -0.2) is 9.18 Å². The van der Waals surface area contributed by atoms with Gasteiger partial charge in [0.25, 0.3) is 5.69 Å². The molecular formula is C10H10FN3O5. The van der Waals surface area contributed by atoms with Gasteiger partial charge in [-0.2, -0.15) is 0 Å². The second-order valence-electron chi connectivity index (χ2n) is 3.56. The van der Waals surface area contributed by atoms with Crippen molar-refractivity contribution >= 4 is 17.7 Å². The van der Waals surface area contributed by atoms with E-state index in [0.29, 0.717) is 0 Å². The minimum absolute atomic E-state index is 0.341. The molecule has 2 amide bonds. The molecule has 0 saturated carbocycles. The molecule has 0 fully saturated rings. The van der Waals surface area contributed by atoms with Crippen molar-refractivity contribution in [3.8, 4) is 0 Å². The van der Waals surface area contributed by atoms with Crippen molar-refractivity contribution < 1.29 is 23.6 Å². The molecule has 1 aromatic carbocycles. The van der Waals surface area contributed by atoms with Crippen molar-refractivity contribution in [1.29, 1.82) is 0 Å². The maximum absolute atomic E-state index is 13.6. The second kappa shape index (κ2) is 5.76. The number of rotatable bonds is 5. The van der Waals surface area contributed by atoms with Crippen LogP contribution in [-0.4, -0.2) is 16.9 Å². The number of carbonyl (C=O) groups excluding carboxylic acids is 2. The van der Waals surface area contributed by atoms with Gasteiger partial charge in [0.15, 0.2) is 0 Å². The number of ether oxygens (including phenoxy) is 1. The van der Waals surface area contributed by atoms with E-state index in [4.69, 9.17) is 11.5 Å². The zero-order valence-electron chi connectivity index (χ0n) is 9.54. The summed E-state index contributed by atoms with van der Waals surface area (Å²) in [6.45, 7) is 0. The molecule has 1 unspecified atom stereocenters. The van der Waals surface area contributed by atoms with Gasteiger partial charge < -0.3 is 16.2 Å².